The summed E-state index contributed by atoms with van der Waals surface area (Å²) in [4.78, 5) is 26.4. The quantitative estimate of drug-likeness (QED) is 0.410. The lowest BCUT2D eigenvalue weighted by Crippen LogP contribution is -2.27. The van der Waals surface area contributed by atoms with Gasteiger partial charge in [0.05, 0.1) is 16.4 Å². The van der Waals surface area contributed by atoms with Gasteiger partial charge in [-0.2, -0.15) is 18.2 Å². The molecule has 0 aromatic carbocycles. The van der Waals surface area contributed by atoms with Gasteiger partial charge in [-0.15, -0.1) is 0 Å². The molecule has 8 nitrogen and oxygen atoms in total. The number of hydrogen-bond donors (Lipinski definition) is 1. The lowest BCUT2D eigenvalue weighted by atomic mass is 10.2. The Kier molecular flexibility index (Phi) is 6.23. The Hall–Kier alpha value is -3.60. The first-order valence-corrected chi connectivity index (χ1v) is 10.4. The number of anilines is 3. The fourth-order valence-corrected chi connectivity index (χ4v) is 3.49. The molecule has 0 saturated carbocycles. The van der Waals surface area contributed by atoms with E-state index in [1.165, 1.54) is 23.6 Å². The van der Waals surface area contributed by atoms with Crippen molar-refractivity contribution >= 4 is 40.1 Å². The highest BCUT2D eigenvalue weighted by atomic mass is 35.5. The summed E-state index contributed by atoms with van der Waals surface area (Å²) < 4.78 is 40.5. The number of aromatic nitrogens is 6. The molecule has 12 heteroatoms. The first kappa shape index (κ1) is 22.6. The Bertz CT molecular complexity index is 1290. The molecule has 4 rings (SSSR count). The number of fused-ring (bicyclic) bond motifs is 1. The Labute approximate surface area is 191 Å². The van der Waals surface area contributed by atoms with Crippen molar-refractivity contribution in [3.63, 3.8) is 0 Å². The number of pyridine rings is 2. The maximum Gasteiger partial charge on any atom is 0.421 e. The van der Waals surface area contributed by atoms with E-state index >= 15 is 0 Å². The van der Waals surface area contributed by atoms with Gasteiger partial charge in [0, 0.05) is 37.1 Å². The minimum absolute atomic E-state index is 0.0281. The second kappa shape index (κ2) is 9.10. The van der Waals surface area contributed by atoms with Gasteiger partial charge in [-0.05, 0) is 32.0 Å². The van der Waals surface area contributed by atoms with Gasteiger partial charge in [0.1, 0.15) is 23.4 Å². The third-order valence-corrected chi connectivity index (χ3v) is 5.17. The maximum absolute atomic E-state index is 13.5. The van der Waals surface area contributed by atoms with Crippen molar-refractivity contribution in [2.45, 2.75) is 20.0 Å². The van der Waals surface area contributed by atoms with Crippen LogP contribution in [0.1, 0.15) is 19.4 Å². The molecule has 4 heterocycles. The summed E-state index contributed by atoms with van der Waals surface area (Å²) in [5.74, 6) is -0.150. The van der Waals surface area contributed by atoms with Crippen molar-refractivity contribution in [1.82, 2.24) is 29.9 Å². The van der Waals surface area contributed by atoms with E-state index in [0.717, 1.165) is 6.20 Å². The molecule has 0 atom stereocenters. The molecule has 0 bridgehead atoms. The molecule has 0 aliphatic rings. The van der Waals surface area contributed by atoms with Gasteiger partial charge < -0.3 is 10.2 Å². The number of nitrogens with one attached hydrogen (secondary N) is 1. The monoisotopic (exact) mass is 474 g/mol. The highest BCUT2D eigenvalue weighted by Gasteiger charge is 2.36. The standard InChI is InChI=1S/C21H18ClF3N8/c1-3-33(4-2)19-13(21(23,24)25)9-28-20(32-19)31-15-7-8-27-18-12(15)5-6-16(30-18)17-14(22)10-26-11-29-17/h5-11H,3-4H2,1-2H3,(H,27,28,30,31,32). The van der Waals surface area contributed by atoms with Crippen LogP contribution in [0.3, 0.4) is 0 Å². The minimum Gasteiger partial charge on any atom is -0.357 e. The Morgan fingerprint density at radius 1 is 1.00 bits per heavy atom. The predicted octanol–water partition coefficient (Wildman–Crippen LogP) is 5.14. The van der Waals surface area contributed by atoms with Crippen molar-refractivity contribution in [3.8, 4) is 11.4 Å². The summed E-state index contributed by atoms with van der Waals surface area (Å²) in [7, 11) is 0. The summed E-state index contributed by atoms with van der Waals surface area (Å²) in [6.45, 7) is 4.27. The molecular weight excluding hydrogens is 457 g/mol. The predicted molar refractivity (Wildman–Crippen MR) is 119 cm³/mol. The molecule has 0 fully saturated rings. The Morgan fingerprint density at radius 3 is 2.48 bits per heavy atom. The average molecular weight is 475 g/mol. The number of nitrogens with zero attached hydrogens (tertiary/aromatic N) is 7. The summed E-state index contributed by atoms with van der Waals surface area (Å²) in [6, 6.07) is 5.15. The van der Waals surface area contributed by atoms with Gasteiger partial charge in [0.15, 0.2) is 5.65 Å². The summed E-state index contributed by atoms with van der Waals surface area (Å²) >= 11 is 6.16. The normalized spacial score (nSPS) is 11.6. The van der Waals surface area contributed by atoms with Crippen LogP contribution in [0, 0.1) is 0 Å². The summed E-state index contributed by atoms with van der Waals surface area (Å²) in [5.41, 5.74) is 1.02. The lowest BCUT2D eigenvalue weighted by Gasteiger charge is -2.24. The molecule has 0 aliphatic heterocycles. The van der Waals surface area contributed by atoms with E-state index in [9.17, 15) is 13.2 Å². The molecular formula is C21H18ClF3N8. The third-order valence-electron chi connectivity index (χ3n) is 4.90. The van der Waals surface area contributed by atoms with Crippen molar-refractivity contribution in [2.75, 3.05) is 23.3 Å². The fourth-order valence-electron chi connectivity index (χ4n) is 3.29. The van der Waals surface area contributed by atoms with Gasteiger partial charge >= 0.3 is 6.18 Å². The van der Waals surface area contributed by atoms with Gasteiger partial charge in [-0.25, -0.2) is 24.9 Å². The topological polar surface area (TPSA) is 92.6 Å². The third kappa shape index (κ3) is 4.63. The fraction of sp³-hybridized carbons (Fsp3) is 0.238. The molecule has 4 aromatic heterocycles. The van der Waals surface area contributed by atoms with E-state index in [2.05, 4.69) is 35.2 Å². The van der Waals surface area contributed by atoms with Crippen LogP contribution in [0.2, 0.25) is 5.02 Å². The molecule has 0 spiro atoms. The highest BCUT2D eigenvalue weighted by Crippen LogP contribution is 2.36. The average Bonchev–Trinajstić information content (AvgIpc) is 2.79. The molecule has 170 valence electrons. The number of rotatable bonds is 6. The van der Waals surface area contributed by atoms with Crippen molar-refractivity contribution < 1.29 is 13.2 Å². The Balaban J connectivity index is 1.73. The van der Waals surface area contributed by atoms with Crippen LogP contribution in [0.25, 0.3) is 22.4 Å². The zero-order chi connectivity index (χ0) is 23.6. The largest absolute Gasteiger partial charge is 0.421 e. The molecule has 0 amide bonds. The molecule has 4 aromatic rings. The second-order valence-electron chi connectivity index (χ2n) is 6.87. The van der Waals surface area contributed by atoms with Crippen LogP contribution in [0.5, 0.6) is 0 Å². The molecule has 33 heavy (non-hydrogen) atoms. The lowest BCUT2D eigenvalue weighted by molar-refractivity contribution is -0.137. The van der Waals surface area contributed by atoms with E-state index < -0.39 is 11.7 Å². The maximum atomic E-state index is 13.5. The SMILES string of the molecule is CCN(CC)c1nc(Nc2ccnc3nc(-c4ncncc4Cl)ccc23)ncc1C(F)(F)F. The van der Waals surface area contributed by atoms with Crippen molar-refractivity contribution in [1.29, 1.82) is 0 Å². The van der Waals surface area contributed by atoms with Crippen molar-refractivity contribution in [3.05, 3.63) is 53.7 Å². The molecule has 0 radical (unpaired) electrons. The van der Waals surface area contributed by atoms with E-state index in [1.807, 2.05) is 0 Å². The van der Waals surface area contributed by atoms with Gasteiger partial charge in [0.25, 0.3) is 0 Å². The van der Waals surface area contributed by atoms with E-state index in [0.29, 0.717) is 46.2 Å². The second-order valence-corrected chi connectivity index (χ2v) is 7.28. The summed E-state index contributed by atoms with van der Waals surface area (Å²) in [6.07, 6.45) is 0.588. The van der Waals surface area contributed by atoms with Crippen LogP contribution in [-0.4, -0.2) is 43.0 Å². The molecule has 0 aliphatic carbocycles. The van der Waals surface area contributed by atoms with E-state index in [4.69, 9.17) is 11.6 Å². The van der Waals surface area contributed by atoms with Crippen LogP contribution in [-0.2, 0) is 6.18 Å². The first-order valence-electron chi connectivity index (χ1n) is 9.99. The number of hydrogen-bond acceptors (Lipinski definition) is 8. The van der Waals surface area contributed by atoms with Crippen molar-refractivity contribution in [2.24, 2.45) is 0 Å². The van der Waals surface area contributed by atoms with Gasteiger partial charge in [-0.3, -0.25) is 0 Å². The van der Waals surface area contributed by atoms with Gasteiger partial charge in [0.2, 0.25) is 5.95 Å². The smallest absolute Gasteiger partial charge is 0.357 e. The number of halogens is 4. The van der Waals surface area contributed by atoms with Crippen LogP contribution < -0.4 is 10.2 Å². The zero-order valence-corrected chi connectivity index (χ0v) is 18.4. The van der Waals surface area contributed by atoms with Crippen LogP contribution in [0.4, 0.5) is 30.6 Å². The minimum atomic E-state index is -4.57. The van der Waals surface area contributed by atoms with Crippen LogP contribution in [0.15, 0.2) is 43.1 Å². The number of alkyl halides is 3. The van der Waals surface area contributed by atoms with Crippen LogP contribution >= 0.6 is 11.6 Å². The first-order chi connectivity index (χ1) is 15.8. The van der Waals surface area contributed by atoms with E-state index in [1.54, 1.807) is 32.0 Å². The van der Waals surface area contributed by atoms with Gasteiger partial charge in [-0.1, -0.05) is 11.6 Å². The summed E-state index contributed by atoms with van der Waals surface area (Å²) in [5, 5.41) is 3.96. The zero-order valence-electron chi connectivity index (χ0n) is 17.6. The van der Waals surface area contributed by atoms with E-state index in [-0.39, 0.29) is 11.8 Å². The molecule has 1 N–H and O–H groups in total. The molecule has 0 saturated heterocycles. The highest BCUT2D eigenvalue weighted by molar-refractivity contribution is 6.32. The Morgan fingerprint density at radius 2 is 1.79 bits per heavy atom. The molecule has 0 unspecified atom stereocenters.